The van der Waals surface area contributed by atoms with Crippen LogP contribution in [0.25, 0.3) is 0 Å². The zero-order valence-electron chi connectivity index (χ0n) is 10.4. The number of rotatable bonds is 4. The molecule has 0 saturated heterocycles. The van der Waals surface area contributed by atoms with E-state index in [0.717, 1.165) is 11.3 Å². The highest BCUT2D eigenvalue weighted by atomic mass is 32.2. The number of hydrogen-bond donors (Lipinski definition) is 1. The molecule has 6 heteroatoms. The van der Waals surface area contributed by atoms with Crippen molar-refractivity contribution in [1.82, 2.24) is 4.72 Å². The van der Waals surface area contributed by atoms with Crippen LogP contribution >= 0.6 is 0 Å². The van der Waals surface area contributed by atoms with Gasteiger partial charge in [-0.15, -0.1) is 0 Å². The highest BCUT2D eigenvalue weighted by molar-refractivity contribution is 7.89. The molecule has 1 aromatic carbocycles. The molecule has 98 valence electrons. The van der Waals surface area contributed by atoms with E-state index in [0.29, 0.717) is 6.42 Å². The van der Waals surface area contributed by atoms with Gasteiger partial charge in [0.25, 0.3) is 0 Å². The molecule has 2 rings (SSSR count). The summed E-state index contributed by atoms with van der Waals surface area (Å²) in [5, 5.41) is 3.79. The van der Waals surface area contributed by atoms with Crippen LogP contribution in [-0.2, 0) is 14.9 Å². The van der Waals surface area contributed by atoms with Crippen molar-refractivity contribution in [3.63, 3.8) is 0 Å². The van der Waals surface area contributed by atoms with Crippen molar-refractivity contribution < 1.29 is 13.3 Å². The summed E-state index contributed by atoms with van der Waals surface area (Å²) < 4.78 is 26.6. The molecule has 1 unspecified atom stereocenters. The molecular weight excluding hydrogens is 252 g/mol. The summed E-state index contributed by atoms with van der Waals surface area (Å²) in [4.78, 5) is 5.36. The third-order valence-electron chi connectivity index (χ3n) is 2.68. The quantitative estimate of drug-likeness (QED) is 0.898. The molecule has 0 radical (unpaired) electrons. The SMILES string of the molecule is CC1=NOC(CNS(=O)(=O)c2cccc(C)c2)C1. The Bertz CT molecular complexity index is 566. The van der Waals surface area contributed by atoms with Crippen molar-refractivity contribution in [3.05, 3.63) is 29.8 Å². The van der Waals surface area contributed by atoms with Crippen molar-refractivity contribution in [3.8, 4) is 0 Å². The normalized spacial score (nSPS) is 19.4. The molecule has 0 aromatic heterocycles. The minimum atomic E-state index is -3.47. The average molecular weight is 268 g/mol. The van der Waals surface area contributed by atoms with Gasteiger partial charge in [-0.1, -0.05) is 17.3 Å². The van der Waals surface area contributed by atoms with E-state index in [-0.39, 0.29) is 17.5 Å². The molecule has 1 aliphatic heterocycles. The highest BCUT2D eigenvalue weighted by Gasteiger charge is 2.21. The standard InChI is InChI=1S/C12H16N2O3S/c1-9-4-3-5-12(6-9)18(15,16)13-8-11-7-10(2)14-17-11/h3-6,11,13H,7-8H2,1-2H3. The van der Waals surface area contributed by atoms with Crippen molar-refractivity contribution >= 4 is 15.7 Å². The second kappa shape index (κ2) is 5.07. The van der Waals surface area contributed by atoms with Gasteiger partial charge in [-0.3, -0.25) is 0 Å². The summed E-state index contributed by atoms with van der Waals surface area (Å²) in [6.07, 6.45) is 0.459. The molecule has 0 fully saturated rings. The van der Waals surface area contributed by atoms with Crippen LogP contribution in [0.1, 0.15) is 18.9 Å². The van der Waals surface area contributed by atoms with Crippen LogP contribution in [0.3, 0.4) is 0 Å². The first kappa shape index (κ1) is 13.0. The molecule has 1 N–H and O–H groups in total. The lowest BCUT2D eigenvalue weighted by Crippen LogP contribution is -2.32. The fourth-order valence-corrected chi connectivity index (χ4v) is 2.92. The highest BCUT2D eigenvalue weighted by Crippen LogP contribution is 2.13. The van der Waals surface area contributed by atoms with Crippen LogP contribution < -0.4 is 4.72 Å². The maximum atomic E-state index is 12.0. The van der Waals surface area contributed by atoms with Crippen LogP contribution in [0.4, 0.5) is 0 Å². The van der Waals surface area contributed by atoms with Gasteiger partial charge in [-0.05, 0) is 31.5 Å². The Balaban J connectivity index is 2.00. The van der Waals surface area contributed by atoms with Crippen LogP contribution in [0.2, 0.25) is 0 Å². The first-order chi connectivity index (χ1) is 8.47. The zero-order valence-corrected chi connectivity index (χ0v) is 11.2. The Morgan fingerprint density at radius 3 is 2.83 bits per heavy atom. The largest absolute Gasteiger partial charge is 0.391 e. The lowest BCUT2D eigenvalue weighted by Gasteiger charge is -2.10. The van der Waals surface area contributed by atoms with E-state index in [1.54, 1.807) is 18.2 Å². The third-order valence-corrected chi connectivity index (χ3v) is 4.10. The van der Waals surface area contributed by atoms with E-state index in [2.05, 4.69) is 9.88 Å². The van der Waals surface area contributed by atoms with Gasteiger partial charge in [0, 0.05) is 6.42 Å². The van der Waals surface area contributed by atoms with Crippen molar-refractivity contribution in [2.45, 2.75) is 31.3 Å². The fourth-order valence-electron chi connectivity index (χ4n) is 1.75. The van der Waals surface area contributed by atoms with E-state index in [9.17, 15) is 8.42 Å². The second-order valence-corrected chi connectivity index (χ2v) is 6.19. The lowest BCUT2D eigenvalue weighted by molar-refractivity contribution is 0.0891. The van der Waals surface area contributed by atoms with E-state index < -0.39 is 10.0 Å². The Labute approximate surface area is 107 Å². The smallest absolute Gasteiger partial charge is 0.240 e. The molecule has 0 spiro atoms. The summed E-state index contributed by atoms with van der Waals surface area (Å²) in [5.41, 5.74) is 1.80. The lowest BCUT2D eigenvalue weighted by atomic mass is 10.2. The number of nitrogens with zero attached hydrogens (tertiary/aromatic N) is 1. The number of sulfonamides is 1. The van der Waals surface area contributed by atoms with E-state index >= 15 is 0 Å². The van der Waals surface area contributed by atoms with Gasteiger partial charge in [-0.2, -0.15) is 0 Å². The van der Waals surface area contributed by atoms with Crippen LogP contribution in [0.5, 0.6) is 0 Å². The minimum absolute atomic E-state index is 0.204. The topological polar surface area (TPSA) is 67.8 Å². The van der Waals surface area contributed by atoms with Gasteiger partial charge >= 0.3 is 0 Å². The Morgan fingerprint density at radius 2 is 2.22 bits per heavy atom. The third kappa shape index (κ3) is 3.08. The van der Waals surface area contributed by atoms with Gasteiger partial charge < -0.3 is 4.84 Å². The Morgan fingerprint density at radius 1 is 1.44 bits per heavy atom. The molecule has 0 saturated carbocycles. The van der Waals surface area contributed by atoms with E-state index in [1.165, 1.54) is 0 Å². The van der Waals surface area contributed by atoms with Gasteiger partial charge in [-0.25, -0.2) is 13.1 Å². The maximum Gasteiger partial charge on any atom is 0.240 e. The molecule has 0 bridgehead atoms. The summed E-state index contributed by atoms with van der Waals surface area (Å²) in [6.45, 7) is 3.95. The molecule has 1 aromatic rings. The Kier molecular flexibility index (Phi) is 3.68. The number of benzene rings is 1. The van der Waals surface area contributed by atoms with Gasteiger partial charge in [0.2, 0.25) is 10.0 Å². The summed E-state index contributed by atoms with van der Waals surface area (Å²) in [6, 6.07) is 6.80. The van der Waals surface area contributed by atoms with Gasteiger partial charge in [0.05, 0.1) is 17.2 Å². The zero-order chi connectivity index (χ0) is 13.2. The number of aryl methyl sites for hydroxylation is 1. The molecule has 5 nitrogen and oxygen atoms in total. The summed E-state index contributed by atoms with van der Waals surface area (Å²) in [7, 11) is -3.47. The van der Waals surface area contributed by atoms with Crippen molar-refractivity contribution in [2.75, 3.05) is 6.54 Å². The van der Waals surface area contributed by atoms with Crippen molar-refractivity contribution in [1.29, 1.82) is 0 Å². The van der Waals surface area contributed by atoms with E-state index in [1.807, 2.05) is 19.9 Å². The molecule has 1 atom stereocenters. The van der Waals surface area contributed by atoms with E-state index in [4.69, 9.17) is 4.84 Å². The first-order valence-corrected chi connectivity index (χ1v) is 7.21. The van der Waals surface area contributed by atoms with Crippen LogP contribution in [0.15, 0.2) is 34.3 Å². The Hall–Kier alpha value is -1.40. The van der Waals surface area contributed by atoms with Crippen molar-refractivity contribution in [2.24, 2.45) is 5.16 Å². The fraction of sp³-hybridized carbons (Fsp3) is 0.417. The van der Waals surface area contributed by atoms with Gasteiger partial charge in [0.1, 0.15) is 6.10 Å². The maximum absolute atomic E-state index is 12.0. The van der Waals surface area contributed by atoms with Gasteiger partial charge in [0.15, 0.2) is 0 Å². The molecule has 0 aliphatic carbocycles. The monoisotopic (exact) mass is 268 g/mol. The molecule has 1 aliphatic rings. The first-order valence-electron chi connectivity index (χ1n) is 5.73. The predicted molar refractivity (Wildman–Crippen MR) is 69.0 cm³/mol. The molecular formula is C12H16N2O3S. The molecule has 18 heavy (non-hydrogen) atoms. The summed E-state index contributed by atoms with van der Waals surface area (Å²) in [5.74, 6) is 0. The number of hydrogen-bond acceptors (Lipinski definition) is 4. The predicted octanol–water partition coefficient (Wildman–Crippen LogP) is 1.44. The average Bonchev–Trinajstić information content (AvgIpc) is 2.73. The van der Waals surface area contributed by atoms with Crippen LogP contribution in [-0.4, -0.2) is 26.8 Å². The number of nitrogens with one attached hydrogen (secondary N) is 1. The minimum Gasteiger partial charge on any atom is -0.391 e. The number of oxime groups is 1. The molecule has 0 amide bonds. The molecule has 1 heterocycles. The van der Waals surface area contributed by atoms with Crippen LogP contribution in [0, 0.1) is 6.92 Å². The summed E-state index contributed by atoms with van der Waals surface area (Å²) >= 11 is 0. The second-order valence-electron chi connectivity index (χ2n) is 4.43.